The molecule has 0 aromatic heterocycles. The number of alkyl halides is 3. The average molecular weight is 320 g/mol. The summed E-state index contributed by atoms with van der Waals surface area (Å²) in [5.74, 6) is 0. The smallest absolute Gasteiger partial charge is 0.166 e. The summed E-state index contributed by atoms with van der Waals surface area (Å²) in [7, 11) is 0. The van der Waals surface area contributed by atoms with E-state index in [0.717, 1.165) is 37.0 Å². The minimum atomic E-state index is -4.26. The van der Waals surface area contributed by atoms with E-state index >= 15 is 0 Å². The lowest BCUT2D eigenvalue weighted by Gasteiger charge is -2.08. The lowest BCUT2D eigenvalue weighted by molar-refractivity contribution is -0.137. The molecule has 0 unspecified atom stereocenters. The average Bonchev–Trinajstić information content (AvgIpc) is 2.54. The zero-order valence-electron chi connectivity index (χ0n) is 13.5. The second kappa shape index (κ2) is 8.19. The summed E-state index contributed by atoms with van der Waals surface area (Å²) < 4.78 is 37.6. The van der Waals surface area contributed by atoms with Gasteiger partial charge in [0.15, 0.2) is 0 Å². The minimum Gasteiger partial charge on any atom is -0.166 e. The van der Waals surface area contributed by atoms with Crippen molar-refractivity contribution in [2.45, 2.75) is 51.6 Å². The highest BCUT2D eigenvalue weighted by atomic mass is 19.4. The molecule has 0 spiro atoms. The summed E-state index contributed by atoms with van der Waals surface area (Å²) in [6.45, 7) is 2.20. The van der Waals surface area contributed by atoms with Gasteiger partial charge < -0.3 is 0 Å². The highest BCUT2D eigenvalue weighted by Gasteiger charge is 2.29. The van der Waals surface area contributed by atoms with Crippen molar-refractivity contribution in [2.75, 3.05) is 0 Å². The van der Waals surface area contributed by atoms with Crippen molar-refractivity contribution in [3.63, 3.8) is 0 Å². The van der Waals surface area contributed by atoms with Gasteiger partial charge in [0.05, 0.1) is 5.56 Å². The first-order chi connectivity index (χ1) is 11.0. The predicted molar refractivity (Wildman–Crippen MR) is 88.5 cm³/mol. The number of hydrogen-bond acceptors (Lipinski definition) is 0. The Hall–Kier alpha value is -1.77. The first kappa shape index (κ1) is 17.6. The van der Waals surface area contributed by atoms with Crippen LogP contribution in [0.25, 0.3) is 0 Å². The minimum absolute atomic E-state index is 0.585. The van der Waals surface area contributed by atoms with E-state index < -0.39 is 11.7 Å². The molecule has 3 heteroatoms. The molecular formula is C20H23F3. The van der Waals surface area contributed by atoms with Crippen molar-refractivity contribution in [1.29, 1.82) is 0 Å². The molecular weight excluding hydrogens is 297 g/mol. The van der Waals surface area contributed by atoms with Crippen molar-refractivity contribution >= 4 is 0 Å². The summed E-state index contributed by atoms with van der Waals surface area (Å²) in [6, 6.07) is 14.1. The van der Waals surface area contributed by atoms with Crippen LogP contribution >= 0.6 is 0 Å². The highest BCUT2D eigenvalue weighted by molar-refractivity contribution is 5.27. The van der Waals surface area contributed by atoms with Gasteiger partial charge in [0, 0.05) is 0 Å². The SMILES string of the molecule is CCCCCc1ccc(CCc2ccc(C(F)(F)F)cc2)cc1. The maximum atomic E-state index is 12.5. The molecule has 0 nitrogen and oxygen atoms in total. The zero-order valence-corrected chi connectivity index (χ0v) is 13.5. The fourth-order valence-corrected chi connectivity index (χ4v) is 2.60. The number of benzene rings is 2. The molecule has 2 rings (SSSR count). The second-order valence-corrected chi connectivity index (χ2v) is 5.97. The molecule has 0 N–H and O–H groups in total. The summed E-state index contributed by atoms with van der Waals surface area (Å²) in [4.78, 5) is 0. The maximum absolute atomic E-state index is 12.5. The molecule has 0 fully saturated rings. The molecule has 0 bridgehead atoms. The van der Waals surface area contributed by atoms with Gasteiger partial charge in [-0.15, -0.1) is 0 Å². The van der Waals surface area contributed by atoms with Gasteiger partial charge in [-0.2, -0.15) is 13.2 Å². The Morgan fingerprint density at radius 3 is 1.52 bits per heavy atom. The zero-order chi connectivity index (χ0) is 16.7. The number of hydrogen-bond donors (Lipinski definition) is 0. The number of rotatable bonds is 7. The van der Waals surface area contributed by atoms with Crippen LogP contribution in [-0.2, 0) is 25.4 Å². The van der Waals surface area contributed by atoms with Crippen LogP contribution in [0.4, 0.5) is 13.2 Å². The Morgan fingerprint density at radius 2 is 1.09 bits per heavy atom. The van der Waals surface area contributed by atoms with E-state index in [1.165, 1.54) is 30.4 Å². The third-order valence-electron chi connectivity index (χ3n) is 4.08. The summed E-state index contributed by atoms with van der Waals surface area (Å²) in [5, 5.41) is 0. The molecule has 0 atom stereocenters. The monoisotopic (exact) mass is 320 g/mol. The fourth-order valence-electron chi connectivity index (χ4n) is 2.60. The van der Waals surface area contributed by atoms with E-state index in [1.807, 2.05) is 0 Å². The van der Waals surface area contributed by atoms with E-state index in [-0.39, 0.29) is 0 Å². The van der Waals surface area contributed by atoms with E-state index in [0.29, 0.717) is 0 Å². The quantitative estimate of drug-likeness (QED) is 0.531. The van der Waals surface area contributed by atoms with Crippen LogP contribution in [0.15, 0.2) is 48.5 Å². The Morgan fingerprint density at radius 1 is 0.652 bits per heavy atom. The van der Waals surface area contributed by atoms with Gasteiger partial charge in [0.1, 0.15) is 0 Å². The lowest BCUT2D eigenvalue weighted by Crippen LogP contribution is -2.04. The van der Waals surface area contributed by atoms with Crippen LogP contribution in [0, 0.1) is 0 Å². The van der Waals surface area contributed by atoms with Gasteiger partial charge in [0.25, 0.3) is 0 Å². The standard InChI is InChI=1S/C20H23F3/c1-2-3-4-5-16-6-8-17(9-7-16)10-11-18-12-14-19(15-13-18)20(21,22)23/h6-9,12-15H,2-5,10-11H2,1H3. The second-order valence-electron chi connectivity index (χ2n) is 5.97. The number of aryl methyl sites for hydroxylation is 3. The van der Waals surface area contributed by atoms with Crippen molar-refractivity contribution in [2.24, 2.45) is 0 Å². The molecule has 23 heavy (non-hydrogen) atoms. The van der Waals surface area contributed by atoms with Crippen molar-refractivity contribution in [1.82, 2.24) is 0 Å². The molecule has 0 aliphatic rings. The molecule has 0 saturated heterocycles. The Bertz CT molecular complexity index is 580. The Labute approximate surface area is 136 Å². The van der Waals surface area contributed by atoms with Gasteiger partial charge in [-0.1, -0.05) is 56.2 Å². The Kier molecular flexibility index (Phi) is 6.26. The normalized spacial score (nSPS) is 11.7. The molecule has 124 valence electrons. The van der Waals surface area contributed by atoms with Gasteiger partial charge in [0.2, 0.25) is 0 Å². The Balaban J connectivity index is 1.86. The molecule has 0 amide bonds. The summed E-state index contributed by atoms with van der Waals surface area (Å²) in [6.07, 6.45) is 2.18. The number of halogens is 3. The van der Waals surface area contributed by atoms with E-state index in [1.54, 1.807) is 12.1 Å². The van der Waals surface area contributed by atoms with Gasteiger partial charge in [-0.05, 0) is 54.5 Å². The van der Waals surface area contributed by atoms with Crippen molar-refractivity contribution in [3.05, 3.63) is 70.8 Å². The highest BCUT2D eigenvalue weighted by Crippen LogP contribution is 2.29. The van der Waals surface area contributed by atoms with Crippen LogP contribution in [0.5, 0.6) is 0 Å². The first-order valence-electron chi connectivity index (χ1n) is 8.23. The number of unbranched alkanes of at least 4 members (excludes halogenated alkanes) is 2. The van der Waals surface area contributed by atoms with Crippen molar-refractivity contribution < 1.29 is 13.2 Å². The third-order valence-corrected chi connectivity index (χ3v) is 4.08. The van der Waals surface area contributed by atoms with Gasteiger partial charge in [-0.3, -0.25) is 0 Å². The van der Waals surface area contributed by atoms with E-state index in [2.05, 4.69) is 31.2 Å². The third kappa shape index (κ3) is 5.74. The van der Waals surface area contributed by atoms with Gasteiger partial charge in [-0.25, -0.2) is 0 Å². The maximum Gasteiger partial charge on any atom is 0.416 e. The van der Waals surface area contributed by atoms with Gasteiger partial charge >= 0.3 is 6.18 Å². The van der Waals surface area contributed by atoms with Crippen LogP contribution in [0.3, 0.4) is 0 Å². The van der Waals surface area contributed by atoms with E-state index in [9.17, 15) is 13.2 Å². The van der Waals surface area contributed by atoms with Crippen LogP contribution < -0.4 is 0 Å². The molecule has 0 saturated carbocycles. The molecule has 0 radical (unpaired) electrons. The molecule has 2 aromatic carbocycles. The topological polar surface area (TPSA) is 0 Å². The van der Waals surface area contributed by atoms with Crippen LogP contribution in [0.1, 0.15) is 48.4 Å². The first-order valence-corrected chi connectivity index (χ1v) is 8.23. The molecule has 0 aliphatic carbocycles. The van der Waals surface area contributed by atoms with Crippen LogP contribution in [0.2, 0.25) is 0 Å². The lowest BCUT2D eigenvalue weighted by atomic mass is 10.0. The molecule has 2 aromatic rings. The largest absolute Gasteiger partial charge is 0.416 e. The van der Waals surface area contributed by atoms with Crippen molar-refractivity contribution in [3.8, 4) is 0 Å². The van der Waals surface area contributed by atoms with Crippen LogP contribution in [-0.4, -0.2) is 0 Å². The summed E-state index contributed by atoms with van der Waals surface area (Å²) >= 11 is 0. The molecule has 0 aliphatic heterocycles. The van der Waals surface area contributed by atoms with E-state index in [4.69, 9.17) is 0 Å². The molecule has 0 heterocycles. The predicted octanol–water partition coefficient (Wildman–Crippen LogP) is 6.22. The fraction of sp³-hybridized carbons (Fsp3) is 0.400. The summed E-state index contributed by atoms with van der Waals surface area (Å²) in [5.41, 5.74) is 2.93.